The molecule has 2 rings (SSSR count). The molecule has 0 unspecified atom stereocenters. The van der Waals surface area contributed by atoms with E-state index in [1.807, 2.05) is 12.1 Å². The maximum atomic E-state index is 5.62. The molecule has 21 heavy (non-hydrogen) atoms. The number of hydrogen-bond acceptors (Lipinski definition) is 3. The molecular formula is C18H23NO2. The third-order valence-electron chi connectivity index (χ3n) is 3.17. The SMILES string of the molecule is COCCOc1cccc(CNc2cc(C)cc(C)c2)c1. The van der Waals surface area contributed by atoms with Crippen LogP contribution in [0.25, 0.3) is 0 Å². The average Bonchev–Trinajstić information content (AvgIpc) is 2.45. The summed E-state index contributed by atoms with van der Waals surface area (Å²) in [6.07, 6.45) is 0. The van der Waals surface area contributed by atoms with E-state index in [1.165, 1.54) is 16.7 Å². The molecule has 0 saturated carbocycles. The van der Waals surface area contributed by atoms with Gasteiger partial charge in [-0.15, -0.1) is 0 Å². The van der Waals surface area contributed by atoms with E-state index in [1.54, 1.807) is 7.11 Å². The van der Waals surface area contributed by atoms with Crippen molar-refractivity contribution in [3.05, 3.63) is 59.2 Å². The van der Waals surface area contributed by atoms with Crippen LogP contribution in [-0.2, 0) is 11.3 Å². The van der Waals surface area contributed by atoms with Crippen LogP contribution in [0, 0.1) is 13.8 Å². The summed E-state index contributed by atoms with van der Waals surface area (Å²) >= 11 is 0. The maximum Gasteiger partial charge on any atom is 0.119 e. The lowest BCUT2D eigenvalue weighted by molar-refractivity contribution is 0.146. The van der Waals surface area contributed by atoms with Gasteiger partial charge in [0, 0.05) is 19.3 Å². The fraction of sp³-hybridized carbons (Fsp3) is 0.333. The van der Waals surface area contributed by atoms with E-state index in [0.29, 0.717) is 13.2 Å². The molecule has 0 fully saturated rings. The summed E-state index contributed by atoms with van der Waals surface area (Å²) in [5, 5.41) is 3.46. The molecule has 0 atom stereocenters. The highest BCUT2D eigenvalue weighted by Gasteiger charge is 1.99. The Morgan fingerprint density at radius 2 is 1.71 bits per heavy atom. The van der Waals surface area contributed by atoms with Crippen LogP contribution in [0.15, 0.2) is 42.5 Å². The van der Waals surface area contributed by atoms with Gasteiger partial charge in [-0.1, -0.05) is 18.2 Å². The van der Waals surface area contributed by atoms with Crippen molar-refractivity contribution in [2.24, 2.45) is 0 Å². The quantitative estimate of drug-likeness (QED) is 0.782. The van der Waals surface area contributed by atoms with Crippen LogP contribution < -0.4 is 10.1 Å². The van der Waals surface area contributed by atoms with Crippen molar-refractivity contribution >= 4 is 5.69 Å². The van der Waals surface area contributed by atoms with Crippen molar-refractivity contribution in [1.29, 1.82) is 0 Å². The van der Waals surface area contributed by atoms with Gasteiger partial charge in [0.15, 0.2) is 0 Å². The Balaban J connectivity index is 1.94. The number of rotatable bonds is 7. The molecule has 1 N–H and O–H groups in total. The number of hydrogen-bond donors (Lipinski definition) is 1. The topological polar surface area (TPSA) is 30.5 Å². The van der Waals surface area contributed by atoms with Gasteiger partial charge in [-0.3, -0.25) is 0 Å². The minimum Gasteiger partial charge on any atom is -0.491 e. The Morgan fingerprint density at radius 3 is 2.43 bits per heavy atom. The van der Waals surface area contributed by atoms with Gasteiger partial charge in [-0.2, -0.15) is 0 Å². The Kier molecular flexibility index (Phi) is 5.64. The number of methoxy groups -OCH3 is 1. The number of ether oxygens (including phenoxy) is 2. The zero-order valence-corrected chi connectivity index (χ0v) is 13.0. The minimum atomic E-state index is 0.574. The summed E-state index contributed by atoms with van der Waals surface area (Å²) in [6, 6.07) is 14.6. The van der Waals surface area contributed by atoms with E-state index in [0.717, 1.165) is 18.0 Å². The molecule has 0 aliphatic carbocycles. The van der Waals surface area contributed by atoms with Gasteiger partial charge in [-0.05, 0) is 54.8 Å². The van der Waals surface area contributed by atoms with E-state index in [-0.39, 0.29) is 0 Å². The van der Waals surface area contributed by atoms with Crippen molar-refractivity contribution in [1.82, 2.24) is 0 Å². The second-order valence-electron chi connectivity index (χ2n) is 5.22. The first-order valence-electron chi connectivity index (χ1n) is 7.20. The molecule has 0 aliphatic rings. The van der Waals surface area contributed by atoms with Gasteiger partial charge in [0.25, 0.3) is 0 Å². The van der Waals surface area contributed by atoms with Crippen LogP contribution in [0.1, 0.15) is 16.7 Å². The van der Waals surface area contributed by atoms with Crippen molar-refractivity contribution in [2.45, 2.75) is 20.4 Å². The molecule has 0 amide bonds. The lowest BCUT2D eigenvalue weighted by Crippen LogP contribution is -2.05. The first kappa shape index (κ1) is 15.4. The summed E-state index contributed by atoms with van der Waals surface area (Å²) in [6.45, 7) is 6.19. The Labute approximate surface area is 126 Å². The first-order valence-corrected chi connectivity index (χ1v) is 7.20. The molecule has 0 aromatic heterocycles. The lowest BCUT2D eigenvalue weighted by Gasteiger charge is -2.10. The molecule has 2 aromatic carbocycles. The van der Waals surface area contributed by atoms with E-state index < -0.39 is 0 Å². The van der Waals surface area contributed by atoms with Gasteiger partial charge in [0.2, 0.25) is 0 Å². The monoisotopic (exact) mass is 285 g/mol. The van der Waals surface area contributed by atoms with Gasteiger partial charge < -0.3 is 14.8 Å². The molecule has 0 saturated heterocycles. The Bertz CT molecular complexity index is 561. The molecule has 0 heterocycles. The Hall–Kier alpha value is -2.00. The van der Waals surface area contributed by atoms with Gasteiger partial charge in [-0.25, -0.2) is 0 Å². The van der Waals surface area contributed by atoms with Crippen LogP contribution >= 0.6 is 0 Å². The molecule has 2 aromatic rings. The third kappa shape index (κ3) is 5.12. The fourth-order valence-electron chi connectivity index (χ4n) is 2.27. The van der Waals surface area contributed by atoms with Crippen LogP contribution in [0.4, 0.5) is 5.69 Å². The van der Waals surface area contributed by atoms with Gasteiger partial charge in [0.05, 0.1) is 6.61 Å². The van der Waals surface area contributed by atoms with Crippen LogP contribution in [0.5, 0.6) is 5.75 Å². The highest BCUT2D eigenvalue weighted by atomic mass is 16.5. The normalized spacial score (nSPS) is 10.4. The summed E-state index contributed by atoms with van der Waals surface area (Å²) in [4.78, 5) is 0. The van der Waals surface area contributed by atoms with E-state index in [4.69, 9.17) is 9.47 Å². The van der Waals surface area contributed by atoms with Crippen LogP contribution in [-0.4, -0.2) is 20.3 Å². The van der Waals surface area contributed by atoms with Crippen molar-refractivity contribution in [3.8, 4) is 5.75 Å². The zero-order valence-electron chi connectivity index (χ0n) is 13.0. The molecular weight excluding hydrogens is 262 g/mol. The highest BCUT2D eigenvalue weighted by Crippen LogP contribution is 2.17. The molecule has 112 valence electrons. The van der Waals surface area contributed by atoms with Gasteiger partial charge in [0.1, 0.15) is 12.4 Å². The fourth-order valence-corrected chi connectivity index (χ4v) is 2.27. The summed E-state index contributed by atoms with van der Waals surface area (Å²) in [7, 11) is 1.67. The molecule has 0 spiro atoms. The average molecular weight is 285 g/mol. The Morgan fingerprint density at radius 1 is 0.952 bits per heavy atom. The lowest BCUT2D eigenvalue weighted by atomic mass is 10.1. The van der Waals surface area contributed by atoms with Crippen LogP contribution in [0.2, 0.25) is 0 Å². The van der Waals surface area contributed by atoms with Crippen molar-refractivity contribution in [3.63, 3.8) is 0 Å². The number of nitrogens with one attached hydrogen (secondary N) is 1. The number of benzene rings is 2. The van der Waals surface area contributed by atoms with Gasteiger partial charge >= 0.3 is 0 Å². The molecule has 3 heteroatoms. The summed E-state index contributed by atoms with van der Waals surface area (Å²) in [5.41, 5.74) is 4.89. The molecule has 0 aliphatic heterocycles. The van der Waals surface area contributed by atoms with Crippen LogP contribution in [0.3, 0.4) is 0 Å². The smallest absolute Gasteiger partial charge is 0.119 e. The largest absolute Gasteiger partial charge is 0.491 e. The second kappa shape index (κ2) is 7.70. The van der Waals surface area contributed by atoms with E-state index >= 15 is 0 Å². The maximum absolute atomic E-state index is 5.62. The third-order valence-corrected chi connectivity index (χ3v) is 3.17. The summed E-state index contributed by atoms with van der Waals surface area (Å²) < 4.78 is 10.6. The van der Waals surface area contributed by atoms with Crippen molar-refractivity contribution < 1.29 is 9.47 Å². The predicted octanol–water partition coefficient (Wildman–Crippen LogP) is 3.94. The first-order chi connectivity index (χ1) is 10.2. The predicted molar refractivity (Wildman–Crippen MR) is 87.1 cm³/mol. The molecule has 0 bridgehead atoms. The second-order valence-corrected chi connectivity index (χ2v) is 5.22. The molecule has 0 radical (unpaired) electrons. The number of aryl methyl sites for hydroxylation is 2. The van der Waals surface area contributed by atoms with Crippen molar-refractivity contribution in [2.75, 3.05) is 25.6 Å². The standard InChI is InChI=1S/C18H23NO2/c1-14-9-15(2)11-17(10-14)19-13-16-5-4-6-18(12-16)21-8-7-20-3/h4-6,9-12,19H,7-8,13H2,1-3H3. The number of anilines is 1. The molecule has 3 nitrogen and oxygen atoms in total. The zero-order chi connectivity index (χ0) is 15.1. The summed E-state index contributed by atoms with van der Waals surface area (Å²) in [5.74, 6) is 0.881. The minimum absolute atomic E-state index is 0.574. The highest BCUT2D eigenvalue weighted by molar-refractivity contribution is 5.49. The van der Waals surface area contributed by atoms with E-state index in [2.05, 4.69) is 49.5 Å². The van der Waals surface area contributed by atoms with E-state index in [9.17, 15) is 0 Å².